The first-order valence-corrected chi connectivity index (χ1v) is 9.51. The van der Waals surface area contributed by atoms with Gasteiger partial charge in [-0.1, -0.05) is 6.07 Å². The minimum absolute atomic E-state index is 0.0618. The number of nitrogens with zero attached hydrogens (tertiary/aromatic N) is 5. The number of aryl methyl sites for hydroxylation is 1. The number of likely N-dealkylation sites (tertiary alicyclic amines) is 1. The third-order valence-corrected chi connectivity index (χ3v) is 6.09. The second kappa shape index (κ2) is 6.27. The zero-order valence-corrected chi connectivity index (χ0v) is 15.6. The van der Waals surface area contributed by atoms with E-state index in [1.54, 1.807) is 12.1 Å². The Balaban J connectivity index is 1.42. The monoisotopic (exact) mass is 379 g/mol. The van der Waals surface area contributed by atoms with E-state index >= 15 is 0 Å². The summed E-state index contributed by atoms with van der Waals surface area (Å²) in [6.07, 6.45) is 1.12. The van der Waals surface area contributed by atoms with E-state index in [9.17, 15) is 14.9 Å². The van der Waals surface area contributed by atoms with E-state index in [1.165, 1.54) is 12.1 Å². The van der Waals surface area contributed by atoms with Crippen LogP contribution in [0.15, 0.2) is 41.2 Å². The van der Waals surface area contributed by atoms with Gasteiger partial charge in [-0.2, -0.15) is 0 Å². The predicted molar refractivity (Wildman–Crippen MR) is 104 cm³/mol. The van der Waals surface area contributed by atoms with Crippen LogP contribution in [0.5, 0.6) is 0 Å². The van der Waals surface area contributed by atoms with Gasteiger partial charge in [0.15, 0.2) is 0 Å². The summed E-state index contributed by atoms with van der Waals surface area (Å²) in [7, 11) is 1.95. The SMILES string of the molecule is Cn1c(CN2C[C@H]3C[C@@H](C2)c2cccc(=O)n2C3)nc2cc([N+](=O)[O-])ccc21. The number of non-ortho nitro benzene ring substituents is 1. The third-order valence-electron chi connectivity index (χ3n) is 6.09. The Bertz CT molecular complexity index is 1150. The van der Waals surface area contributed by atoms with Gasteiger partial charge >= 0.3 is 0 Å². The minimum Gasteiger partial charge on any atom is -0.330 e. The van der Waals surface area contributed by atoms with Gasteiger partial charge in [0, 0.05) is 56.5 Å². The highest BCUT2D eigenvalue weighted by Gasteiger charge is 2.34. The van der Waals surface area contributed by atoms with Crippen LogP contribution in [0.4, 0.5) is 5.69 Å². The van der Waals surface area contributed by atoms with Crippen molar-refractivity contribution in [3.63, 3.8) is 0 Å². The second-order valence-corrected chi connectivity index (χ2v) is 7.91. The van der Waals surface area contributed by atoms with Crippen LogP contribution in [0, 0.1) is 16.0 Å². The molecule has 2 aliphatic rings. The molecule has 8 heteroatoms. The fourth-order valence-electron chi connectivity index (χ4n) is 4.82. The maximum absolute atomic E-state index is 12.2. The average Bonchev–Trinajstić information content (AvgIpc) is 2.97. The molecule has 0 aliphatic carbocycles. The molecular weight excluding hydrogens is 358 g/mol. The van der Waals surface area contributed by atoms with Crippen molar-refractivity contribution in [2.45, 2.75) is 25.4 Å². The maximum Gasteiger partial charge on any atom is 0.271 e. The summed E-state index contributed by atoms with van der Waals surface area (Å²) >= 11 is 0. The molecular formula is C20H21N5O3. The molecule has 1 saturated heterocycles. The Labute approximate surface area is 161 Å². The van der Waals surface area contributed by atoms with Crippen LogP contribution < -0.4 is 5.56 Å². The fraction of sp³-hybridized carbons (Fsp3) is 0.400. The van der Waals surface area contributed by atoms with Gasteiger partial charge in [-0.15, -0.1) is 0 Å². The smallest absolute Gasteiger partial charge is 0.271 e. The van der Waals surface area contributed by atoms with Gasteiger partial charge in [0.05, 0.1) is 22.5 Å². The molecule has 3 aromatic rings. The van der Waals surface area contributed by atoms with Crippen LogP contribution in [0.1, 0.15) is 23.9 Å². The van der Waals surface area contributed by atoms with Gasteiger partial charge in [-0.05, 0) is 24.5 Å². The Kier molecular flexibility index (Phi) is 3.83. The van der Waals surface area contributed by atoms with Gasteiger partial charge < -0.3 is 9.13 Å². The Morgan fingerprint density at radius 1 is 1.21 bits per heavy atom. The molecule has 0 unspecified atom stereocenters. The van der Waals surface area contributed by atoms with Crippen molar-refractivity contribution in [2.75, 3.05) is 13.1 Å². The first kappa shape index (κ1) is 17.1. The molecule has 5 rings (SSSR count). The molecule has 2 aliphatic heterocycles. The van der Waals surface area contributed by atoms with E-state index in [2.05, 4.69) is 16.0 Å². The second-order valence-electron chi connectivity index (χ2n) is 7.91. The molecule has 2 bridgehead atoms. The van der Waals surface area contributed by atoms with E-state index < -0.39 is 0 Å². The number of aromatic nitrogens is 3. The summed E-state index contributed by atoms with van der Waals surface area (Å²) in [6.45, 7) is 3.30. The molecule has 0 spiro atoms. The van der Waals surface area contributed by atoms with Crippen LogP contribution in [-0.4, -0.2) is 37.0 Å². The maximum atomic E-state index is 12.2. The number of imidazole rings is 1. The summed E-state index contributed by atoms with van der Waals surface area (Å²) in [6, 6.07) is 10.4. The molecule has 0 N–H and O–H groups in total. The van der Waals surface area contributed by atoms with Crippen LogP contribution in [0.25, 0.3) is 11.0 Å². The number of nitro groups is 1. The largest absolute Gasteiger partial charge is 0.330 e. The van der Waals surface area contributed by atoms with E-state index in [4.69, 9.17) is 0 Å². The zero-order valence-electron chi connectivity index (χ0n) is 15.6. The molecule has 0 amide bonds. The molecule has 1 aromatic carbocycles. The number of nitro benzene ring substituents is 1. The zero-order chi connectivity index (χ0) is 19.4. The lowest BCUT2D eigenvalue weighted by Crippen LogP contribution is -2.46. The average molecular weight is 379 g/mol. The number of fused-ring (bicyclic) bond motifs is 5. The fourth-order valence-corrected chi connectivity index (χ4v) is 4.82. The van der Waals surface area contributed by atoms with Crippen molar-refractivity contribution in [3.05, 3.63) is 68.4 Å². The first-order valence-electron chi connectivity index (χ1n) is 9.51. The van der Waals surface area contributed by atoms with Crippen LogP contribution in [0.2, 0.25) is 0 Å². The predicted octanol–water partition coefficient (Wildman–Crippen LogP) is 2.26. The van der Waals surface area contributed by atoms with E-state index in [0.29, 0.717) is 23.9 Å². The van der Waals surface area contributed by atoms with Gasteiger partial charge in [-0.3, -0.25) is 19.8 Å². The van der Waals surface area contributed by atoms with Crippen LogP contribution in [-0.2, 0) is 20.1 Å². The molecule has 1 fully saturated rings. The highest BCUT2D eigenvalue weighted by Crippen LogP contribution is 2.35. The Morgan fingerprint density at radius 3 is 2.89 bits per heavy atom. The van der Waals surface area contributed by atoms with Gasteiger partial charge in [0.2, 0.25) is 0 Å². The highest BCUT2D eigenvalue weighted by atomic mass is 16.6. The topological polar surface area (TPSA) is 86.2 Å². The standard InChI is InChI=1S/C20H21N5O3/c1-22-18-6-5-15(25(27)28)8-16(18)21-19(22)12-23-9-13-7-14(11-23)17-3-2-4-20(26)24(17)10-13/h2-6,8,13-14H,7,9-12H2,1H3/t13-,14+/m1/s1. The third kappa shape index (κ3) is 2.72. The number of benzene rings is 1. The lowest BCUT2D eigenvalue weighted by molar-refractivity contribution is -0.384. The summed E-state index contributed by atoms with van der Waals surface area (Å²) in [5.41, 5.74) is 2.84. The van der Waals surface area contributed by atoms with E-state index in [0.717, 1.165) is 43.1 Å². The Hall–Kier alpha value is -3.00. The van der Waals surface area contributed by atoms with Gasteiger partial charge in [-0.25, -0.2) is 4.98 Å². The Morgan fingerprint density at radius 2 is 2.07 bits per heavy atom. The number of pyridine rings is 1. The van der Waals surface area contributed by atoms with Crippen molar-refractivity contribution in [3.8, 4) is 0 Å². The van der Waals surface area contributed by atoms with Gasteiger partial charge in [0.25, 0.3) is 11.2 Å². The van der Waals surface area contributed by atoms with Crippen LogP contribution in [0.3, 0.4) is 0 Å². The quantitative estimate of drug-likeness (QED) is 0.515. The number of hydrogen-bond donors (Lipinski definition) is 0. The van der Waals surface area contributed by atoms with E-state index in [-0.39, 0.29) is 16.2 Å². The number of piperidine rings is 1. The molecule has 4 heterocycles. The number of hydrogen-bond acceptors (Lipinski definition) is 5. The normalized spacial score (nSPS) is 21.6. The van der Waals surface area contributed by atoms with Gasteiger partial charge in [0.1, 0.15) is 5.82 Å². The lowest BCUT2D eigenvalue weighted by Gasteiger charge is -2.42. The van der Waals surface area contributed by atoms with Crippen molar-refractivity contribution in [2.24, 2.45) is 13.0 Å². The first-order chi connectivity index (χ1) is 13.5. The highest BCUT2D eigenvalue weighted by molar-refractivity contribution is 5.78. The summed E-state index contributed by atoms with van der Waals surface area (Å²) in [5, 5.41) is 11.0. The van der Waals surface area contributed by atoms with Crippen LogP contribution >= 0.6 is 0 Å². The molecule has 28 heavy (non-hydrogen) atoms. The summed E-state index contributed by atoms with van der Waals surface area (Å²) in [5.74, 6) is 1.72. The molecule has 2 atom stereocenters. The molecule has 2 aromatic heterocycles. The molecule has 144 valence electrons. The molecule has 8 nitrogen and oxygen atoms in total. The minimum atomic E-state index is -0.390. The van der Waals surface area contributed by atoms with Crippen molar-refractivity contribution in [1.29, 1.82) is 0 Å². The number of rotatable bonds is 3. The van der Waals surface area contributed by atoms with Crippen molar-refractivity contribution >= 4 is 16.7 Å². The van der Waals surface area contributed by atoms with Crippen molar-refractivity contribution in [1.82, 2.24) is 19.0 Å². The molecule has 0 radical (unpaired) electrons. The molecule has 0 saturated carbocycles. The summed E-state index contributed by atoms with van der Waals surface area (Å²) < 4.78 is 3.95. The lowest BCUT2D eigenvalue weighted by atomic mass is 9.83. The summed E-state index contributed by atoms with van der Waals surface area (Å²) in [4.78, 5) is 29.9. The van der Waals surface area contributed by atoms with E-state index in [1.807, 2.05) is 22.2 Å². The van der Waals surface area contributed by atoms with Crippen molar-refractivity contribution < 1.29 is 4.92 Å².